The monoisotopic (exact) mass is 405 g/mol. The molecule has 1 aromatic carbocycles. The Morgan fingerprint density at radius 3 is 2.68 bits per heavy atom. The quantitative estimate of drug-likeness (QED) is 0.819. The van der Waals surface area contributed by atoms with Crippen LogP contribution < -0.4 is 5.32 Å². The Labute approximate surface area is 134 Å². The third-order valence-corrected chi connectivity index (χ3v) is 4.32. The lowest BCUT2D eigenvalue weighted by Gasteiger charge is -2.20. The second-order valence-electron chi connectivity index (χ2n) is 4.16. The van der Waals surface area contributed by atoms with Gasteiger partial charge in [0.2, 0.25) is 0 Å². The van der Waals surface area contributed by atoms with Crippen molar-refractivity contribution in [3.8, 4) is 0 Å². The number of hydrogen-bond acceptors (Lipinski definition) is 2. The molecular weight excluding hydrogens is 393 g/mol. The highest BCUT2D eigenvalue weighted by Crippen LogP contribution is 2.33. The van der Waals surface area contributed by atoms with Crippen molar-refractivity contribution in [3.63, 3.8) is 0 Å². The molecule has 19 heavy (non-hydrogen) atoms. The maximum atomic E-state index is 6.37. The van der Waals surface area contributed by atoms with Gasteiger partial charge in [0.25, 0.3) is 0 Å². The van der Waals surface area contributed by atoms with Gasteiger partial charge in [-0.05, 0) is 40.2 Å². The Hall–Kier alpha value is -0.360. The number of aryl methyl sites for hydroxylation is 1. The number of hydrogen-bond donors (Lipinski definition) is 1. The molecule has 0 saturated heterocycles. The second-order valence-corrected chi connectivity index (χ2v) is 6.34. The normalized spacial score (nSPS) is 12.7. The molecule has 0 aliphatic heterocycles. The van der Waals surface area contributed by atoms with Gasteiger partial charge in [0.05, 0.1) is 22.4 Å². The molecule has 2 rings (SSSR count). The zero-order valence-corrected chi connectivity index (χ0v) is 14.6. The van der Waals surface area contributed by atoms with E-state index < -0.39 is 0 Å². The average molecular weight is 408 g/mol. The molecule has 1 heterocycles. The molecule has 0 aliphatic rings. The van der Waals surface area contributed by atoms with E-state index in [0.717, 1.165) is 31.8 Å². The molecular formula is C13H14Br2ClN3. The second kappa shape index (κ2) is 6.39. The summed E-state index contributed by atoms with van der Waals surface area (Å²) in [5.41, 5.74) is 2.10. The molecule has 0 spiro atoms. The summed E-state index contributed by atoms with van der Waals surface area (Å²) in [6.07, 6.45) is 1.80. The zero-order valence-electron chi connectivity index (χ0n) is 10.6. The molecule has 1 atom stereocenters. The summed E-state index contributed by atoms with van der Waals surface area (Å²) in [6.45, 7) is 2.92. The molecule has 0 radical (unpaired) electrons. The predicted molar refractivity (Wildman–Crippen MR) is 85.6 cm³/mol. The third-order valence-electron chi connectivity index (χ3n) is 2.89. The molecule has 6 heteroatoms. The van der Waals surface area contributed by atoms with E-state index >= 15 is 0 Å². The number of benzene rings is 1. The van der Waals surface area contributed by atoms with Crippen LogP contribution in [0.4, 0.5) is 0 Å². The van der Waals surface area contributed by atoms with E-state index in [1.165, 1.54) is 0 Å². The van der Waals surface area contributed by atoms with Crippen LogP contribution in [0.2, 0.25) is 5.02 Å². The van der Waals surface area contributed by atoms with E-state index in [2.05, 4.69) is 49.2 Å². The summed E-state index contributed by atoms with van der Waals surface area (Å²) in [6, 6.07) is 5.94. The molecule has 0 amide bonds. The van der Waals surface area contributed by atoms with E-state index in [-0.39, 0.29) is 6.04 Å². The van der Waals surface area contributed by atoms with Crippen molar-refractivity contribution in [2.24, 2.45) is 7.05 Å². The Bertz CT molecular complexity index is 564. The van der Waals surface area contributed by atoms with Crippen LogP contribution in [0.3, 0.4) is 0 Å². The average Bonchev–Trinajstić information content (AvgIpc) is 2.67. The summed E-state index contributed by atoms with van der Waals surface area (Å²) >= 11 is 13.3. The maximum absolute atomic E-state index is 6.37. The SMILES string of the molecule is CCNC(c1ccc(Br)cc1Cl)c1c(Br)cnn1C. The number of nitrogens with zero attached hydrogens (tertiary/aromatic N) is 2. The van der Waals surface area contributed by atoms with Crippen LogP contribution in [-0.4, -0.2) is 16.3 Å². The summed E-state index contributed by atoms with van der Waals surface area (Å²) in [5.74, 6) is 0. The van der Waals surface area contributed by atoms with Gasteiger partial charge >= 0.3 is 0 Å². The summed E-state index contributed by atoms with van der Waals surface area (Å²) < 4.78 is 3.80. The highest BCUT2D eigenvalue weighted by molar-refractivity contribution is 9.10. The van der Waals surface area contributed by atoms with Gasteiger partial charge in [0, 0.05) is 16.5 Å². The van der Waals surface area contributed by atoms with E-state index in [1.54, 1.807) is 6.20 Å². The molecule has 0 fully saturated rings. The highest BCUT2D eigenvalue weighted by atomic mass is 79.9. The Kier molecular flexibility index (Phi) is 5.06. The largest absolute Gasteiger partial charge is 0.305 e. The Morgan fingerprint density at radius 2 is 2.16 bits per heavy atom. The van der Waals surface area contributed by atoms with Crippen LogP contribution in [-0.2, 0) is 7.05 Å². The van der Waals surface area contributed by atoms with Crippen LogP contribution in [0, 0.1) is 0 Å². The first-order valence-corrected chi connectivity index (χ1v) is 7.86. The first-order valence-electron chi connectivity index (χ1n) is 5.90. The molecule has 3 nitrogen and oxygen atoms in total. The van der Waals surface area contributed by atoms with Crippen LogP contribution in [0.25, 0.3) is 0 Å². The lowest BCUT2D eigenvalue weighted by atomic mass is 10.0. The topological polar surface area (TPSA) is 29.9 Å². The molecule has 1 unspecified atom stereocenters. The van der Waals surface area contributed by atoms with E-state index in [4.69, 9.17) is 11.6 Å². The van der Waals surface area contributed by atoms with Crippen molar-refractivity contribution in [2.45, 2.75) is 13.0 Å². The molecule has 102 valence electrons. The summed E-state index contributed by atoms with van der Waals surface area (Å²) in [4.78, 5) is 0. The maximum Gasteiger partial charge on any atom is 0.0774 e. The smallest absolute Gasteiger partial charge is 0.0774 e. The summed E-state index contributed by atoms with van der Waals surface area (Å²) in [7, 11) is 1.93. The fourth-order valence-electron chi connectivity index (χ4n) is 2.04. The minimum Gasteiger partial charge on any atom is -0.305 e. The molecule has 1 N–H and O–H groups in total. The Morgan fingerprint density at radius 1 is 1.42 bits per heavy atom. The van der Waals surface area contributed by atoms with Crippen molar-refractivity contribution in [1.29, 1.82) is 0 Å². The summed E-state index contributed by atoms with van der Waals surface area (Å²) in [5, 5.41) is 8.45. The van der Waals surface area contributed by atoms with E-state index in [9.17, 15) is 0 Å². The van der Waals surface area contributed by atoms with Gasteiger partial charge in [-0.1, -0.05) is 40.5 Å². The standard InChI is InChI=1S/C13H14Br2ClN3/c1-3-17-12(13-10(15)7-18-19(13)2)9-5-4-8(14)6-11(9)16/h4-7,12,17H,3H2,1-2H3. The van der Waals surface area contributed by atoms with Crippen LogP contribution in [0.5, 0.6) is 0 Å². The van der Waals surface area contributed by atoms with Gasteiger partial charge in [-0.3, -0.25) is 4.68 Å². The molecule has 2 aromatic rings. The Balaban J connectivity index is 2.51. The fourth-order valence-corrected chi connectivity index (χ4v) is 3.40. The third kappa shape index (κ3) is 3.21. The fraction of sp³-hybridized carbons (Fsp3) is 0.308. The lowest BCUT2D eigenvalue weighted by molar-refractivity contribution is 0.571. The first-order chi connectivity index (χ1) is 9.04. The molecule has 1 aromatic heterocycles. The lowest BCUT2D eigenvalue weighted by Crippen LogP contribution is -2.25. The predicted octanol–water partition coefficient (Wildman–Crippen LogP) is 4.30. The van der Waals surface area contributed by atoms with Crippen molar-refractivity contribution >= 4 is 43.5 Å². The van der Waals surface area contributed by atoms with Gasteiger partial charge in [-0.2, -0.15) is 5.10 Å². The first kappa shape index (κ1) is 15.0. The molecule has 0 saturated carbocycles. The van der Waals surface area contributed by atoms with Gasteiger partial charge in [0.15, 0.2) is 0 Å². The van der Waals surface area contributed by atoms with Crippen molar-refractivity contribution in [2.75, 3.05) is 6.54 Å². The number of nitrogens with one attached hydrogen (secondary N) is 1. The minimum absolute atomic E-state index is 0.00692. The molecule has 0 aliphatic carbocycles. The van der Waals surface area contributed by atoms with Crippen LogP contribution in [0.15, 0.2) is 33.3 Å². The van der Waals surface area contributed by atoms with Crippen molar-refractivity contribution in [1.82, 2.24) is 15.1 Å². The zero-order chi connectivity index (χ0) is 14.0. The van der Waals surface area contributed by atoms with Gasteiger partial charge in [-0.15, -0.1) is 0 Å². The highest BCUT2D eigenvalue weighted by Gasteiger charge is 2.22. The number of rotatable bonds is 4. The van der Waals surface area contributed by atoms with Crippen molar-refractivity contribution < 1.29 is 0 Å². The molecule has 0 bridgehead atoms. The van der Waals surface area contributed by atoms with E-state index in [0.29, 0.717) is 0 Å². The number of halogens is 3. The van der Waals surface area contributed by atoms with Crippen LogP contribution >= 0.6 is 43.5 Å². The number of aromatic nitrogens is 2. The van der Waals surface area contributed by atoms with Crippen LogP contribution in [0.1, 0.15) is 24.2 Å². The van der Waals surface area contributed by atoms with Gasteiger partial charge in [-0.25, -0.2) is 0 Å². The van der Waals surface area contributed by atoms with Crippen molar-refractivity contribution in [3.05, 3.63) is 49.6 Å². The van der Waals surface area contributed by atoms with E-state index in [1.807, 2.05) is 29.9 Å². The van der Waals surface area contributed by atoms with Gasteiger partial charge in [0.1, 0.15) is 0 Å². The van der Waals surface area contributed by atoms with Gasteiger partial charge < -0.3 is 5.32 Å². The minimum atomic E-state index is 0.00692.